The Morgan fingerprint density at radius 2 is 2.29 bits per heavy atom. The van der Waals surface area contributed by atoms with Gasteiger partial charge in [0.05, 0.1) is 5.02 Å². The number of rotatable bonds is 3. The Kier molecular flexibility index (Phi) is 3.02. The number of benzene rings is 1. The molecule has 1 aromatic carbocycles. The number of aliphatic carboxylic acids is 1. The van der Waals surface area contributed by atoms with Crippen LogP contribution in [0.25, 0.3) is 0 Å². The molecule has 6 heteroatoms. The van der Waals surface area contributed by atoms with Gasteiger partial charge in [-0.1, -0.05) is 18.5 Å². The average molecular weight is 258 g/mol. The number of nitrogens with zero attached hydrogens (tertiary/aromatic N) is 1. The number of carboxylic acids is 1. The van der Waals surface area contributed by atoms with Gasteiger partial charge in [-0.3, -0.25) is 0 Å². The van der Waals surface area contributed by atoms with Gasteiger partial charge in [0.2, 0.25) is 0 Å². The smallest absolute Gasteiger partial charge is 0.366 e. The zero-order valence-corrected chi connectivity index (χ0v) is 9.94. The van der Waals surface area contributed by atoms with Gasteiger partial charge in [0.25, 0.3) is 6.23 Å². The van der Waals surface area contributed by atoms with Crippen molar-refractivity contribution in [2.24, 2.45) is 0 Å². The third kappa shape index (κ3) is 1.86. The molecule has 1 aromatic rings. The van der Waals surface area contributed by atoms with Crippen LogP contribution in [-0.4, -0.2) is 29.0 Å². The van der Waals surface area contributed by atoms with E-state index in [-0.39, 0.29) is 10.8 Å². The van der Waals surface area contributed by atoms with Crippen LogP contribution in [0.1, 0.15) is 13.3 Å². The summed E-state index contributed by atoms with van der Waals surface area (Å²) < 4.78 is 5.28. The largest absolute Gasteiger partial charge is 0.504 e. The topological polar surface area (TPSA) is 70.0 Å². The summed E-state index contributed by atoms with van der Waals surface area (Å²) >= 11 is 5.81. The van der Waals surface area contributed by atoms with Crippen LogP contribution >= 0.6 is 11.6 Å². The van der Waals surface area contributed by atoms with Crippen molar-refractivity contribution < 1.29 is 19.7 Å². The van der Waals surface area contributed by atoms with E-state index in [1.54, 1.807) is 6.07 Å². The van der Waals surface area contributed by atoms with Crippen LogP contribution in [0.15, 0.2) is 12.1 Å². The van der Waals surface area contributed by atoms with Crippen molar-refractivity contribution in [3.63, 3.8) is 0 Å². The number of carboxylic acid groups (broad SMARTS) is 1. The Morgan fingerprint density at radius 3 is 2.88 bits per heavy atom. The van der Waals surface area contributed by atoms with Crippen molar-refractivity contribution in [1.29, 1.82) is 0 Å². The third-order valence-electron chi connectivity index (χ3n) is 2.55. The lowest BCUT2D eigenvalue weighted by Gasteiger charge is -2.21. The second-order valence-corrected chi connectivity index (χ2v) is 4.15. The van der Waals surface area contributed by atoms with Gasteiger partial charge in [-0.2, -0.15) is 0 Å². The Bertz CT molecular complexity index is 463. The number of hydrogen-bond acceptors (Lipinski definition) is 4. The molecule has 1 unspecified atom stereocenters. The maximum atomic E-state index is 11.1. The molecule has 0 amide bonds. The second kappa shape index (κ2) is 4.33. The van der Waals surface area contributed by atoms with Crippen LogP contribution in [0.2, 0.25) is 5.02 Å². The van der Waals surface area contributed by atoms with Gasteiger partial charge in [-0.05, 0) is 18.6 Å². The zero-order chi connectivity index (χ0) is 12.6. The first-order valence-electron chi connectivity index (χ1n) is 5.23. The molecule has 1 aliphatic rings. The molecule has 1 heterocycles. The number of carbonyl (C=O) groups is 1. The first-order chi connectivity index (χ1) is 8.06. The molecule has 0 fully saturated rings. The van der Waals surface area contributed by atoms with E-state index < -0.39 is 12.2 Å². The predicted octanol–water partition coefficient (Wildman–Crippen LogP) is 2.07. The highest BCUT2D eigenvalue weighted by atomic mass is 35.5. The van der Waals surface area contributed by atoms with Gasteiger partial charge < -0.3 is 19.8 Å². The summed E-state index contributed by atoms with van der Waals surface area (Å²) in [5.74, 6) is -0.890. The summed E-state index contributed by atoms with van der Waals surface area (Å²) in [5, 5.41) is 19.1. The Labute approximate surface area is 103 Å². The summed E-state index contributed by atoms with van der Waals surface area (Å²) in [6.07, 6.45) is -0.368. The number of phenolic OH excluding ortho intramolecular Hbond substituents is 1. The number of ether oxygens (including phenoxy) is 1. The Balaban J connectivity index is 2.48. The maximum Gasteiger partial charge on any atom is 0.366 e. The first-order valence-corrected chi connectivity index (χ1v) is 5.61. The van der Waals surface area contributed by atoms with E-state index in [4.69, 9.17) is 21.4 Å². The van der Waals surface area contributed by atoms with Crippen LogP contribution in [0.4, 0.5) is 5.69 Å². The number of aromatic hydroxyl groups is 1. The lowest BCUT2D eigenvalue weighted by atomic mass is 10.2. The summed E-state index contributed by atoms with van der Waals surface area (Å²) in [7, 11) is 0. The third-order valence-corrected chi connectivity index (χ3v) is 2.85. The van der Waals surface area contributed by atoms with Gasteiger partial charge in [0.1, 0.15) is 11.4 Å². The van der Waals surface area contributed by atoms with Gasteiger partial charge in [-0.15, -0.1) is 0 Å². The van der Waals surface area contributed by atoms with Crippen molar-refractivity contribution >= 4 is 23.3 Å². The van der Waals surface area contributed by atoms with Gasteiger partial charge in [0, 0.05) is 6.54 Å². The molecule has 5 nitrogen and oxygen atoms in total. The molecule has 17 heavy (non-hydrogen) atoms. The standard InChI is InChI=1S/C11H12ClNO4/c1-2-5-13-8-7(17-10(13)11(15)16)4-3-6(12)9(8)14/h3-4,10,14H,2,5H2,1H3,(H,15,16). The molecule has 1 atom stereocenters. The number of anilines is 1. The highest BCUT2D eigenvalue weighted by Gasteiger charge is 2.38. The lowest BCUT2D eigenvalue weighted by Crippen LogP contribution is -2.41. The van der Waals surface area contributed by atoms with E-state index >= 15 is 0 Å². The molecule has 0 saturated carbocycles. The SMILES string of the molecule is CCCN1c2c(ccc(Cl)c2O)OC1C(=O)O. The monoisotopic (exact) mass is 257 g/mol. The Morgan fingerprint density at radius 1 is 1.59 bits per heavy atom. The average Bonchev–Trinajstić information content (AvgIpc) is 2.64. The Hall–Kier alpha value is -1.62. The summed E-state index contributed by atoms with van der Waals surface area (Å²) in [6.45, 7) is 2.39. The zero-order valence-electron chi connectivity index (χ0n) is 9.18. The lowest BCUT2D eigenvalue weighted by molar-refractivity contribution is -0.144. The molecule has 2 N–H and O–H groups in total. The van der Waals surface area contributed by atoms with Crippen LogP contribution in [0.3, 0.4) is 0 Å². The minimum Gasteiger partial charge on any atom is -0.504 e. The first kappa shape index (κ1) is 11.9. The van der Waals surface area contributed by atoms with Crippen molar-refractivity contribution in [2.45, 2.75) is 19.6 Å². The van der Waals surface area contributed by atoms with Gasteiger partial charge in [-0.25, -0.2) is 4.79 Å². The quantitative estimate of drug-likeness (QED) is 0.867. The van der Waals surface area contributed by atoms with E-state index in [1.165, 1.54) is 11.0 Å². The van der Waals surface area contributed by atoms with Crippen LogP contribution < -0.4 is 9.64 Å². The predicted molar refractivity (Wildman–Crippen MR) is 62.8 cm³/mol. The number of hydrogen-bond donors (Lipinski definition) is 2. The molecule has 92 valence electrons. The van der Waals surface area contributed by atoms with Crippen LogP contribution in [0.5, 0.6) is 11.5 Å². The van der Waals surface area contributed by atoms with Crippen molar-refractivity contribution in [3.05, 3.63) is 17.2 Å². The van der Waals surface area contributed by atoms with E-state index in [1.807, 2.05) is 6.92 Å². The summed E-state index contributed by atoms with van der Waals surface area (Å²) in [5.41, 5.74) is 0.353. The molecule has 0 spiro atoms. The fourth-order valence-corrected chi connectivity index (χ4v) is 2.02. The van der Waals surface area contributed by atoms with Gasteiger partial charge >= 0.3 is 5.97 Å². The van der Waals surface area contributed by atoms with Crippen LogP contribution in [-0.2, 0) is 4.79 Å². The minimum absolute atomic E-state index is 0.138. The van der Waals surface area contributed by atoms with E-state index in [2.05, 4.69) is 0 Å². The van der Waals surface area contributed by atoms with E-state index in [0.29, 0.717) is 18.0 Å². The number of phenols is 1. The molecule has 0 radical (unpaired) electrons. The number of fused-ring (bicyclic) bond motifs is 1. The fourth-order valence-electron chi connectivity index (χ4n) is 1.86. The highest BCUT2D eigenvalue weighted by Crippen LogP contribution is 2.47. The summed E-state index contributed by atoms with van der Waals surface area (Å²) in [6, 6.07) is 3.03. The minimum atomic E-state index is -1.10. The van der Waals surface area contributed by atoms with Gasteiger partial charge in [0.15, 0.2) is 5.75 Å². The molecule has 1 aliphatic heterocycles. The molecule has 0 saturated heterocycles. The normalized spacial score (nSPS) is 17.8. The molecule has 0 aliphatic carbocycles. The van der Waals surface area contributed by atoms with E-state index in [9.17, 15) is 9.90 Å². The van der Waals surface area contributed by atoms with Crippen molar-refractivity contribution in [1.82, 2.24) is 0 Å². The van der Waals surface area contributed by atoms with Crippen molar-refractivity contribution in [3.8, 4) is 11.5 Å². The maximum absolute atomic E-state index is 11.1. The molecule has 2 rings (SSSR count). The molecular formula is C11H12ClNO4. The fraction of sp³-hybridized carbons (Fsp3) is 0.364. The van der Waals surface area contributed by atoms with Crippen molar-refractivity contribution in [2.75, 3.05) is 11.4 Å². The number of halogens is 1. The molecule has 0 bridgehead atoms. The molecular weight excluding hydrogens is 246 g/mol. The second-order valence-electron chi connectivity index (χ2n) is 3.74. The van der Waals surface area contributed by atoms with E-state index in [0.717, 1.165) is 6.42 Å². The highest BCUT2D eigenvalue weighted by molar-refractivity contribution is 6.32. The summed E-state index contributed by atoms with van der Waals surface area (Å²) in [4.78, 5) is 12.6. The van der Waals surface area contributed by atoms with Crippen LogP contribution in [0, 0.1) is 0 Å². The molecule has 0 aromatic heterocycles.